The number of amides is 1. The van der Waals surface area contributed by atoms with Crippen LogP contribution in [0, 0.1) is 0 Å². The maximum atomic E-state index is 12.8. The highest BCUT2D eigenvalue weighted by Crippen LogP contribution is 2.26. The number of nitrogens with zero attached hydrogens (tertiary/aromatic N) is 1. The van der Waals surface area contributed by atoms with Gasteiger partial charge in [-0.25, -0.2) is 13.1 Å². The molecule has 2 aliphatic rings. The number of benzene rings is 1. The fraction of sp³-hybridized carbons (Fsp3) is 0.421. The van der Waals surface area contributed by atoms with Crippen molar-refractivity contribution in [2.45, 2.75) is 31.8 Å². The summed E-state index contributed by atoms with van der Waals surface area (Å²) in [5.74, 6) is -0.246. The van der Waals surface area contributed by atoms with Crippen LogP contribution in [0.25, 0.3) is 0 Å². The van der Waals surface area contributed by atoms with Crippen LogP contribution < -0.4 is 14.9 Å². The molecule has 0 bridgehead atoms. The highest BCUT2D eigenvalue weighted by molar-refractivity contribution is 7.89. The van der Waals surface area contributed by atoms with Crippen LogP contribution >= 0.6 is 35.3 Å². The Balaban J connectivity index is 0.00000240. The third-order valence-electron chi connectivity index (χ3n) is 5.16. The average molecular weight is 476 g/mol. The van der Waals surface area contributed by atoms with Crippen molar-refractivity contribution in [3.63, 3.8) is 0 Å². The molecule has 0 aliphatic carbocycles. The Morgan fingerprint density at radius 1 is 1.24 bits per heavy atom. The second-order valence-corrected chi connectivity index (χ2v) is 10.8. The largest absolute Gasteiger partial charge is 0.312 e. The zero-order valence-electron chi connectivity index (χ0n) is 15.7. The van der Waals surface area contributed by atoms with Gasteiger partial charge in [-0.15, -0.1) is 23.7 Å². The van der Waals surface area contributed by atoms with E-state index in [0.29, 0.717) is 23.7 Å². The van der Waals surface area contributed by atoms with Crippen LogP contribution in [0.3, 0.4) is 0 Å². The van der Waals surface area contributed by atoms with Gasteiger partial charge < -0.3 is 10.2 Å². The number of carbonyl (C=O) groups is 1. The van der Waals surface area contributed by atoms with E-state index in [2.05, 4.69) is 16.1 Å². The lowest BCUT2D eigenvalue weighted by atomic mass is 10.0. The van der Waals surface area contributed by atoms with Crippen molar-refractivity contribution in [3.05, 3.63) is 50.7 Å². The molecular weight excluding hydrogens is 453 g/mol. The number of thiophene rings is 1. The normalized spacial score (nSPS) is 19.1. The molecule has 158 valence electrons. The standard InChI is InChI=1S/C19H22ClN3O3S2.ClH/c20-18-4-3-16(27-18)7-10-28(25,26)22-17-6-9-23(19(17)24)15-2-1-13-5-8-21-12-14(13)11-15;/h1-4,11,17,21-22H,5-10,12H2;1H/t17-;/m0./s1. The molecule has 1 aromatic heterocycles. The summed E-state index contributed by atoms with van der Waals surface area (Å²) in [6.45, 7) is 2.28. The van der Waals surface area contributed by atoms with E-state index in [1.807, 2.05) is 18.2 Å². The van der Waals surface area contributed by atoms with Gasteiger partial charge in [-0.05, 0) is 61.2 Å². The minimum absolute atomic E-state index is 0. The summed E-state index contributed by atoms with van der Waals surface area (Å²) >= 11 is 7.26. The summed E-state index contributed by atoms with van der Waals surface area (Å²) in [4.78, 5) is 15.4. The summed E-state index contributed by atoms with van der Waals surface area (Å²) in [6, 6.07) is 8.95. The molecule has 6 nitrogen and oxygen atoms in total. The molecule has 4 rings (SSSR count). The molecule has 0 unspecified atom stereocenters. The van der Waals surface area contributed by atoms with Crippen molar-refractivity contribution in [2.75, 3.05) is 23.7 Å². The SMILES string of the molecule is Cl.O=C1[C@@H](NS(=O)(=O)CCc2ccc(Cl)s2)CCN1c1ccc2c(c1)CNCC2. The van der Waals surface area contributed by atoms with Gasteiger partial charge in [0.1, 0.15) is 6.04 Å². The first-order valence-corrected chi connectivity index (χ1v) is 12.1. The van der Waals surface area contributed by atoms with Crippen molar-refractivity contribution < 1.29 is 13.2 Å². The number of nitrogens with one attached hydrogen (secondary N) is 2. The summed E-state index contributed by atoms with van der Waals surface area (Å²) in [7, 11) is -3.55. The third-order valence-corrected chi connectivity index (χ3v) is 7.84. The molecule has 0 radical (unpaired) electrons. The van der Waals surface area contributed by atoms with Gasteiger partial charge in [-0.2, -0.15) is 0 Å². The number of halogens is 2. The monoisotopic (exact) mass is 475 g/mol. The summed E-state index contributed by atoms with van der Waals surface area (Å²) in [5.41, 5.74) is 3.35. The number of hydrogen-bond donors (Lipinski definition) is 2. The Hall–Kier alpha value is -1.16. The highest BCUT2D eigenvalue weighted by Gasteiger charge is 2.35. The van der Waals surface area contributed by atoms with Gasteiger partial charge in [-0.3, -0.25) is 4.79 Å². The predicted octanol–water partition coefficient (Wildman–Crippen LogP) is 2.74. The molecule has 1 atom stereocenters. The number of carbonyl (C=O) groups excluding carboxylic acids is 1. The molecule has 2 aromatic rings. The van der Waals surface area contributed by atoms with Gasteiger partial charge in [0.15, 0.2) is 0 Å². The smallest absolute Gasteiger partial charge is 0.245 e. The lowest BCUT2D eigenvalue weighted by Crippen LogP contribution is -2.42. The molecule has 0 saturated carbocycles. The fourth-order valence-electron chi connectivity index (χ4n) is 3.68. The van der Waals surface area contributed by atoms with Gasteiger partial charge >= 0.3 is 0 Å². The summed E-state index contributed by atoms with van der Waals surface area (Å²) in [5, 5.41) is 3.34. The fourth-order valence-corrected chi connectivity index (χ4v) is 6.15. The minimum atomic E-state index is -3.55. The highest BCUT2D eigenvalue weighted by atomic mass is 35.5. The van der Waals surface area contributed by atoms with E-state index in [9.17, 15) is 13.2 Å². The van der Waals surface area contributed by atoms with E-state index < -0.39 is 16.1 Å². The first-order chi connectivity index (χ1) is 13.4. The van der Waals surface area contributed by atoms with E-state index in [0.717, 1.165) is 30.1 Å². The molecule has 29 heavy (non-hydrogen) atoms. The third kappa shape index (κ3) is 5.31. The summed E-state index contributed by atoms with van der Waals surface area (Å²) < 4.78 is 28.1. The van der Waals surface area contributed by atoms with Crippen LogP contribution in [0.4, 0.5) is 5.69 Å². The number of anilines is 1. The van der Waals surface area contributed by atoms with Crippen molar-refractivity contribution in [1.29, 1.82) is 0 Å². The molecule has 1 saturated heterocycles. The molecule has 2 N–H and O–H groups in total. The lowest BCUT2D eigenvalue weighted by molar-refractivity contribution is -0.118. The van der Waals surface area contributed by atoms with Gasteiger partial charge in [0.05, 0.1) is 10.1 Å². The lowest BCUT2D eigenvalue weighted by Gasteiger charge is -2.22. The van der Waals surface area contributed by atoms with Crippen molar-refractivity contribution >= 4 is 57.0 Å². The van der Waals surface area contributed by atoms with Crippen molar-refractivity contribution in [1.82, 2.24) is 10.0 Å². The Labute approximate surface area is 186 Å². The molecule has 3 heterocycles. The molecule has 1 aromatic carbocycles. The van der Waals surface area contributed by atoms with Crippen molar-refractivity contribution in [3.8, 4) is 0 Å². The number of sulfonamides is 1. The Kier molecular flexibility index (Phi) is 7.24. The van der Waals surface area contributed by atoms with E-state index in [4.69, 9.17) is 11.6 Å². The number of hydrogen-bond acceptors (Lipinski definition) is 5. The minimum Gasteiger partial charge on any atom is -0.312 e. The second kappa shape index (κ2) is 9.32. The number of aryl methyl sites for hydroxylation is 1. The Morgan fingerprint density at radius 3 is 2.83 bits per heavy atom. The van der Waals surface area contributed by atoms with E-state index >= 15 is 0 Å². The Bertz CT molecular complexity index is 994. The van der Waals surface area contributed by atoms with Gasteiger partial charge in [0, 0.05) is 23.7 Å². The van der Waals surface area contributed by atoms with Crippen molar-refractivity contribution in [2.24, 2.45) is 0 Å². The summed E-state index contributed by atoms with van der Waals surface area (Å²) in [6.07, 6.45) is 1.84. The maximum Gasteiger partial charge on any atom is 0.245 e. The molecule has 10 heteroatoms. The Morgan fingerprint density at radius 2 is 2.07 bits per heavy atom. The molecule has 0 spiro atoms. The van der Waals surface area contributed by atoms with Crippen LogP contribution in [-0.2, 0) is 34.2 Å². The predicted molar refractivity (Wildman–Crippen MR) is 120 cm³/mol. The molecule has 2 aliphatic heterocycles. The quantitative estimate of drug-likeness (QED) is 0.672. The van der Waals surface area contributed by atoms with E-state index in [1.54, 1.807) is 11.0 Å². The van der Waals surface area contributed by atoms with Crippen LogP contribution in [0.15, 0.2) is 30.3 Å². The zero-order chi connectivity index (χ0) is 19.7. The molecule has 1 amide bonds. The zero-order valence-corrected chi connectivity index (χ0v) is 18.9. The van der Waals surface area contributed by atoms with Crippen LogP contribution in [-0.4, -0.2) is 39.2 Å². The van der Waals surface area contributed by atoms with Crippen LogP contribution in [0.2, 0.25) is 4.34 Å². The molecule has 1 fully saturated rings. The number of fused-ring (bicyclic) bond motifs is 1. The first kappa shape index (κ1) is 22.5. The molecular formula is C19H23Cl2N3O3S2. The van der Waals surface area contributed by atoms with Crippen LogP contribution in [0.1, 0.15) is 22.4 Å². The average Bonchev–Trinajstić information content (AvgIpc) is 3.25. The van der Waals surface area contributed by atoms with Gasteiger partial charge in [-0.1, -0.05) is 17.7 Å². The maximum absolute atomic E-state index is 12.8. The van der Waals surface area contributed by atoms with Gasteiger partial charge in [0.2, 0.25) is 15.9 Å². The second-order valence-electron chi connectivity index (χ2n) is 7.10. The van der Waals surface area contributed by atoms with Crippen LogP contribution in [0.5, 0.6) is 0 Å². The number of rotatable bonds is 6. The van der Waals surface area contributed by atoms with E-state index in [1.165, 1.54) is 22.5 Å². The van der Waals surface area contributed by atoms with E-state index in [-0.39, 0.29) is 24.1 Å². The van der Waals surface area contributed by atoms with Gasteiger partial charge in [0.25, 0.3) is 0 Å². The topological polar surface area (TPSA) is 78.5 Å². The first-order valence-electron chi connectivity index (χ1n) is 9.29.